The lowest BCUT2D eigenvalue weighted by Crippen LogP contribution is -2.46. The normalized spacial score (nSPS) is 13.7. The second kappa shape index (κ2) is 45.9. The van der Waals surface area contributed by atoms with Crippen molar-refractivity contribution < 1.29 is 24.5 Å². The van der Waals surface area contributed by atoms with E-state index in [9.17, 15) is 19.8 Å². The Morgan fingerprint density at radius 1 is 0.517 bits per heavy atom. The zero-order valence-electron chi connectivity index (χ0n) is 38.4. The number of aliphatic hydroxyl groups is 2. The lowest BCUT2D eigenvalue weighted by molar-refractivity contribution is -0.150. The van der Waals surface area contributed by atoms with Crippen LogP contribution in [-0.2, 0) is 14.3 Å². The minimum Gasteiger partial charge on any atom is -0.461 e. The Kier molecular flexibility index (Phi) is 44.2. The smallest absolute Gasteiger partial charge is 0.306 e. The molecule has 338 valence electrons. The van der Waals surface area contributed by atoms with Crippen LogP contribution in [0.15, 0.2) is 48.6 Å². The molecule has 0 aliphatic rings. The Labute approximate surface area is 359 Å². The first-order chi connectivity index (χ1) is 28.5. The third kappa shape index (κ3) is 40.6. The average molecular weight is 814 g/mol. The number of aliphatic hydroxyl groups excluding tert-OH is 2. The molecule has 0 radical (unpaired) electrons. The molecule has 58 heavy (non-hydrogen) atoms. The second-order valence-electron chi connectivity index (χ2n) is 16.9. The summed E-state index contributed by atoms with van der Waals surface area (Å²) in [5.74, 6) is -0.571. The van der Waals surface area contributed by atoms with Crippen LogP contribution >= 0.6 is 0 Å². The molecule has 6 heteroatoms. The van der Waals surface area contributed by atoms with Crippen LogP contribution in [0.1, 0.15) is 245 Å². The van der Waals surface area contributed by atoms with E-state index in [2.05, 4.69) is 68.6 Å². The minimum atomic E-state index is -0.807. The topological polar surface area (TPSA) is 95.9 Å². The monoisotopic (exact) mass is 814 g/mol. The van der Waals surface area contributed by atoms with E-state index in [1.807, 2.05) is 6.08 Å². The molecule has 6 nitrogen and oxygen atoms in total. The largest absolute Gasteiger partial charge is 0.461 e. The van der Waals surface area contributed by atoms with E-state index in [-0.39, 0.29) is 24.9 Å². The summed E-state index contributed by atoms with van der Waals surface area (Å²) in [4.78, 5) is 26.0. The molecule has 0 bridgehead atoms. The van der Waals surface area contributed by atoms with E-state index in [4.69, 9.17) is 4.74 Å². The van der Waals surface area contributed by atoms with Gasteiger partial charge in [-0.3, -0.25) is 9.59 Å². The number of carbonyl (C=O) groups excluding carboxylic acids is 2. The van der Waals surface area contributed by atoms with Crippen molar-refractivity contribution in [2.75, 3.05) is 6.61 Å². The molecule has 0 heterocycles. The molecule has 0 aromatic heterocycles. The summed E-state index contributed by atoms with van der Waals surface area (Å²) in [7, 11) is 0. The van der Waals surface area contributed by atoms with Gasteiger partial charge in [-0.1, -0.05) is 230 Å². The van der Waals surface area contributed by atoms with E-state index in [1.165, 1.54) is 141 Å². The van der Waals surface area contributed by atoms with Crippen molar-refractivity contribution in [1.29, 1.82) is 0 Å². The van der Waals surface area contributed by atoms with Gasteiger partial charge in [0.1, 0.15) is 6.10 Å². The van der Waals surface area contributed by atoms with Crippen LogP contribution in [0.4, 0.5) is 0 Å². The molecule has 1 amide bonds. The SMILES string of the molecule is CCCCC/C=C\C/C=C\C/C=C\C/C=C\CC(CC(=O)NC(CO)C(O)CCCCCCCCCCC)OC(=O)CCCCCCCCCCCCCCCCC. The van der Waals surface area contributed by atoms with Gasteiger partial charge < -0.3 is 20.3 Å². The van der Waals surface area contributed by atoms with E-state index in [0.717, 1.165) is 57.8 Å². The van der Waals surface area contributed by atoms with Gasteiger partial charge in [-0.05, 0) is 44.9 Å². The van der Waals surface area contributed by atoms with Crippen molar-refractivity contribution in [3.05, 3.63) is 48.6 Å². The predicted octanol–water partition coefficient (Wildman–Crippen LogP) is 14.7. The number of ether oxygens (including phenoxy) is 1. The van der Waals surface area contributed by atoms with E-state index in [0.29, 0.717) is 19.3 Å². The molecule has 0 aliphatic heterocycles. The van der Waals surface area contributed by atoms with E-state index in [1.54, 1.807) is 0 Å². The molecule has 0 spiro atoms. The van der Waals surface area contributed by atoms with Crippen molar-refractivity contribution in [1.82, 2.24) is 5.32 Å². The molecule has 0 aliphatic carbocycles. The summed E-state index contributed by atoms with van der Waals surface area (Å²) in [5.41, 5.74) is 0. The zero-order chi connectivity index (χ0) is 42.4. The second-order valence-corrected chi connectivity index (χ2v) is 16.9. The summed E-state index contributed by atoms with van der Waals surface area (Å²) in [6.07, 6.45) is 54.7. The average Bonchev–Trinajstić information content (AvgIpc) is 3.22. The third-order valence-electron chi connectivity index (χ3n) is 11.2. The molecule has 3 N–H and O–H groups in total. The van der Waals surface area contributed by atoms with Crippen LogP contribution < -0.4 is 5.32 Å². The van der Waals surface area contributed by atoms with Crippen LogP contribution in [0.3, 0.4) is 0 Å². The fourth-order valence-electron chi connectivity index (χ4n) is 7.35. The maximum Gasteiger partial charge on any atom is 0.306 e. The Morgan fingerprint density at radius 3 is 1.38 bits per heavy atom. The number of rotatable bonds is 44. The Hall–Kier alpha value is -2.18. The van der Waals surface area contributed by atoms with Crippen molar-refractivity contribution in [2.24, 2.45) is 0 Å². The number of unbranched alkanes of at least 4 members (excludes halogenated alkanes) is 25. The van der Waals surface area contributed by atoms with Gasteiger partial charge in [0.05, 0.1) is 25.2 Å². The maximum atomic E-state index is 13.1. The molecule has 0 fully saturated rings. The summed E-state index contributed by atoms with van der Waals surface area (Å²) in [6.45, 7) is 6.41. The Bertz CT molecular complexity index is 1000. The maximum absolute atomic E-state index is 13.1. The molecule has 0 aromatic rings. The standard InChI is InChI=1S/C52H95NO5/c1-4-7-10-13-16-19-21-23-25-27-29-32-34-37-40-43-48(46-51(56)53-49(47-54)50(55)44-41-38-35-31-18-15-12-9-6-3)58-52(57)45-42-39-36-33-30-28-26-24-22-20-17-14-11-8-5-2/h16,19,23,25,29,32,37,40,48-50,54-55H,4-15,17-18,20-22,24,26-28,30-31,33-36,38-39,41-47H2,1-3H3,(H,53,56)/b19-16-,25-23-,32-29-,40-37-. The summed E-state index contributed by atoms with van der Waals surface area (Å²) in [6, 6.07) is -0.727. The van der Waals surface area contributed by atoms with Crippen LogP contribution in [0, 0.1) is 0 Å². The van der Waals surface area contributed by atoms with Gasteiger partial charge in [0.25, 0.3) is 0 Å². The van der Waals surface area contributed by atoms with Crippen molar-refractivity contribution in [3.63, 3.8) is 0 Å². The lowest BCUT2D eigenvalue weighted by Gasteiger charge is -2.24. The molecule has 0 saturated heterocycles. The van der Waals surface area contributed by atoms with E-state index < -0.39 is 18.2 Å². The number of hydrogen-bond acceptors (Lipinski definition) is 5. The summed E-state index contributed by atoms with van der Waals surface area (Å²) < 4.78 is 5.86. The van der Waals surface area contributed by atoms with Gasteiger partial charge in [-0.15, -0.1) is 0 Å². The van der Waals surface area contributed by atoms with E-state index >= 15 is 0 Å². The Balaban J connectivity index is 4.70. The molecule has 0 aromatic carbocycles. The lowest BCUT2D eigenvalue weighted by atomic mass is 10.0. The number of allylic oxidation sites excluding steroid dienone is 7. The van der Waals surface area contributed by atoms with Gasteiger partial charge >= 0.3 is 5.97 Å². The van der Waals surface area contributed by atoms with Gasteiger partial charge in [0.15, 0.2) is 0 Å². The van der Waals surface area contributed by atoms with Gasteiger partial charge in [0.2, 0.25) is 5.91 Å². The molecular weight excluding hydrogens is 719 g/mol. The highest BCUT2D eigenvalue weighted by atomic mass is 16.5. The number of nitrogens with one attached hydrogen (secondary N) is 1. The van der Waals surface area contributed by atoms with Gasteiger partial charge in [-0.2, -0.15) is 0 Å². The molecule has 3 unspecified atom stereocenters. The summed E-state index contributed by atoms with van der Waals surface area (Å²) in [5, 5.41) is 23.6. The molecule has 3 atom stereocenters. The van der Waals surface area contributed by atoms with Crippen LogP contribution in [-0.4, -0.2) is 46.9 Å². The highest BCUT2D eigenvalue weighted by Gasteiger charge is 2.23. The number of esters is 1. The fourth-order valence-corrected chi connectivity index (χ4v) is 7.35. The fraction of sp³-hybridized carbons (Fsp3) is 0.808. The number of amides is 1. The first kappa shape index (κ1) is 55.8. The zero-order valence-corrected chi connectivity index (χ0v) is 38.4. The van der Waals surface area contributed by atoms with Gasteiger partial charge in [0, 0.05) is 12.8 Å². The first-order valence-electron chi connectivity index (χ1n) is 24.9. The molecule has 0 rings (SSSR count). The number of carbonyl (C=O) groups is 2. The van der Waals surface area contributed by atoms with Crippen LogP contribution in [0.2, 0.25) is 0 Å². The van der Waals surface area contributed by atoms with Crippen LogP contribution in [0.25, 0.3) is 0 Å². The highest BCUT2D eigenvalue weighted by Crippen LogP contribution is 2.16. The van der Waals surface area contributed by atoms with Crippen LogP contribution in [0.5, 0.6) is 0 Å². The van der Waals surface area contributed by atoms with Crippen molar-refractivity contribution >= 4 is 11.9 Å². The van der Waals surface area contributed by atoms with Crippen molar-refractivity contribution in [2.45, 2.75) is 264 Å². The van der Waals surface area contributed by atoms with Crippen molar-refractivity contribution in [3.8, 4) is 0 Å². The molecule has 0 saturated carbocycles. The predicted molar refractivity (Wildman–Crippen MR) is 250 cm³/mol. The number of hydrogen-bond donors (Lipinski definition) is 3. The first-order valence-corrected chi connectivity index (χ1v) is 24.9. The summed E-state index contributed by atoms with van der Waals surface area (Å²) >= 11 is 0. The minimum absolute atomic E-state index is 0.00384. The molecular formula is C52H95NO5. The van der Waals surface area contributed by atoms with Gasteiger partial charge in [-0.25, -0.2) is 0 Å². The third-order valence-corrected chi connectivity index (χ3v) is 11.2. The highest BCUT2D eigenvalue weighted by molar-refractivity contribution is 5.77. The Morgan fingerprint density at radius 2 is 0.914 bits per heavy atom. The quantitative estimate of drug-likeness (QED) is 0.0323.